The molecule has 0 amide bonds. The van der Waals surface area contributed by atoms with E-state index in [1.807, 2.05) is 6.07 Å². The SMILES string of the molecule is Cc1ccccc1-c1c(C)n(-c2cc(C#N)cc(C#N)c2-n2c3ccc(-n4c5ccccc5c5ccccc54)cc3c3c4ccccc4ccc32)c2ccc(-n3c4ccccc4c4ccccc43)cc12. The van der Waals surface area contributed by atoms with Crippen LogP contribution in [0.4, 0.5) is 0 Å². The number of hydrogen-bond donors (Lipinski definition) is 0. The van der Waals surface area contributed by atoms with Crippen LogP contribution < -0.4 is 0 Å². The lowest BCUT2D eigenvalue weighted by molar-refractivity contribution is 1.02. The topological polar surface area (TPSA) is 67.3 Å². The van der Waals surface area contributed by atoms with Crippen molar-refractivity contribution in [2.24, 2.45) is 0 Å². The van der Waals surface area contributed by atoms with Crippen molar-refractivity contribution in [2.45, 2.75) is 13.8 Å². The van der Waals surface area contributed by atoms with Crippen LogP contribution >= 0.6 is 0 Å². The van der Waals surface area contributed by atoms with Gasteiger partial charge >= 0.3 is 0 Å². The molecule has 326 valence electrons. The van der Waals surface area contributed by atoms with E-state index in [-0.39, 0.29) is 0 Å². The van der Waals surface area contributed by atoms with Gasteiger partial charge in [0.2, 0.25) is 0 Å². The number of aryl methyl sites for hydroxylation is 1. The lowest BCUT2D eigenvalue weighted by Crippen LogP contribution is -2.08. The molecule has 0 saturated carbocycles. The highest BCUT2D eigenvalue weighted by molar-refractivity contribution is 6.22. The molecule has 14 aromatic rings. The zero-order valence-corrected chi connectivity index (χ0v) is 38.3. The van der Waals surface area contributed by atoms with Gasteiger partial charge in [-0.1, -0.05) is 127 Å². The van der Waals surface area contributed by atoms with Crippen molar-refractivity contribution in [1.29, 1.82) is 10.5 Å². The van der Waals surface area contributed by atoms with Gasteiger partial charge in [-0.05, 0) is 115 Å². The number of nitriles is 2. The summed E-state index contributed by atoms with van der Waals surface area (Å²) in [4.78, 5) is 0. The Morgan fingerprint density at radius 1 is 0.371 bits per heavy atom. The van der Waals surface area contributed by atoms with E-state index < -0.39 is 0 Å². The maximum atomic E-state index is 11.3. The monoisotopic (exact) mass is 892 g/mol. The van der Waals surface area contributed by atoms with E-state index >= 15 is 0 Å². The summed E-state index contributed by atoms with van der Waals surface area (Å²) in [7, 11) is 0. The van der Waals surface area contributed by atoms with E-state index in [2.05, 4.69) is 238 Å². The molecule has 6 nitrogen and oxygen atoms in total. The molecule has 0 aliphatic carbocycles. The van der Waals surface area contributed by atoms with Crippen molar-refractivity contribution in [1.82, 2.24) is 18.3 Å². The second-order valence-corrected chi connectivity index (χ2v) is 18.4. The molecular formula is C64H40N6. The molecule has 70 heavy (non-hydrogen) atoms. The summed E-state index contributed by atoms with van der Waals surface area (Å²) in [6, 6.07) is 78.1. The first-order valence-electron chi connectivity index (χ1n) is 23.6. The predicted octanol–water partition coefficient (Wildman–Crippen LogP) is 16.1. The lowest BCUT2D eigenvalue weighted by Gasteiger charge is -2.19. The third kappa shape index (κ3) is 5.47. The molecule has 0 aliphatic rings. The number of rotatable bonds is 5. The molecule has 4 aromatic heterocycles. The van der Waals surface area contributed by atoms with E-state index in [1.54, 1.807) is 6.07 Å². The lowest BCUT2D eigenvalue weighted by atomic mass is 9.97. The van der Waals surface area contributed by atoms with E-state index in [9.17, 15) is 10.5 Å². The first-order valence-corrected chi connectivity index (χ1v) is 23.6. The van der Waals surface area contributed by atoms with E-state index in [1.165, 1.54) is 21.5 Å². The maximum Gasteiger partial charge on any atom is 0.101 e. The number of fused-ring (bicyclic) bond motifs is 12. The minimum Gasteiger partial charge on any atom is -0.311 e. The summed E-state index contributed by atoms with van der Waals surface area (Å²) in [6.07, 6.45) is 0. The predicted molar refractivity (Wildman–Crippen MR) is 288 cm³/mol. The van der Waals surface area contributed by atoms with Gasteiger partial charge in [-0.25, -0.2) is 0 Å². The van der Waals surface area contributed by atoms with Crippen LogP contribution in [0.3, 0.4) is 0 Å². The second-order valence-electron chi connectivity index (χ2n) is 18.4. The third-order valence-electron chi connectivity index (χ3n) is 14.7. The molecule has 10 aromatic carbocycles. The van der Waals surface area contributed by atoms with Gasteiger partial charge < -0.3 is 18.3 Å². The summed E-state index contributed by atoms with van der Waals surface area (Å²) in [6.45, 7) is 4.34. The highest BCUT2D eigenvalue weighted by Crippen LogP contribution is 2.45. The zero-order chi connectivity index (χ0) is 46.8. The van der Waals surface area contributed by atoms with Gasteiger partial charge in [0.1, 0.15) is 6.07 Å². The van der Waals surface area contributed by atoms with Crippen LogP contribution in [0.2, 0.25) is 0 Å². The zero-order valence-electron chi connectivity index (χ0n) is 38.3. The molecule has 0 aliphatic heterocycles. The Morgan fingerprint density at radius 3 is 1.43 bits per heavy atom. The van der Waals surface area contributed by atoms with Gasteiger partial charge in [0.15, 0.2) is 0 Å². The average Bonchev–Trinajstić information content (AvgIpc) is 4.12. The molecule has 0 atom stereocenters. The second kappa shape index (κ2) is 14.9. The van der Waals surface area contributed by atoms with Crippen LogP contribution in [-0.2, 0) is 0 Å². The van der Waals surface area contributed by atoms with Gasteiger partial charge in [0, 0.05) is 60.3 Å². The number of para-hydroxylation sites is 4. The van der Waals surface area contributed by atoms with Crippen LogP contribution in [0.15, 0.2) is 206 Å². The summed E-state index contributed by atoms with van der Waals surface area (Å²) in [5.74, 6) is 0. The molecular weight excluding hydrogens is 853 g/mol. The van der Waals surface area contributed by atoms with Gasteiger partial charge in [-0.2, -0.15) is 10.5 Å². The molecule has 0 fully saturated rings. The summed E-state index contributed by atoms with van der Waals surface area (Å²) < 4.78 is 9.29. The summed E-state index contributed by atoms with van der Waals surface area (Å²) in [5, 5.41) is 32.3. The average molecular weight is 893 g/mol. The van der Waals surface area contributed by atoms with Gasteiger partial charge in [-0.3, -0.25) is 0 Å². The van der Waals surface area contributed by atoms with E-state index in [0.717, 1.165) is 105 Å². The summed E-state index contributed by atoms with van der Waals surface area (Å²) in [5.41, 5.74) is 16.2. The smallest absolute Gasteiger partial charge is 0.101 e. The van der Waals surface area contributed by atoms with Gasteiger partial charge in [-0.15, -0.1) is 0 Å². The van der Waals surface area contributed by atoms with Crippen LogP contribution in [-0.4, -0.2) is 18.3 Å². The van der Waals surface area contributed by atoms with E-state index in [4.69, 9.17) is 0 Å². The van der Waals surface area contributed by atoms with Crippen LogP contribution in [0.1, 0.15) is 22.4 Å². The number of hydrogen-bond acceptors (Lipinski definition) is 2. The Balaban J connectivity index is 1.10. The molecule has 6 heteroatoms. The Hall–Kier alpha value is -9.62. The van der Waals surface area contributed by atoms with Crippen molar-refractivity contribution in [2.75, 3.05) is 0 Å². The number of nitrogens with zero attached hydrogens (tertiary/aromatic N) is 6. The fourth-order valence-electron chi connectivity index (χ4n) is 11.8. The molecule has 0 bridgehead atoms. The molecule has 0 saturated heterocycles. The standard InChI is InChI=1S/C64H40N6/c1-39-15-3-5-17-46(39)62-40(2)67(58-31-28-44(35-52(58)62)68-54-23-11-7-19-48(54)49-20-8-12-24-55(49)68)61-34-41(37-65)33-43(38-66)64(61)70-59-32-29-45(36-53(59)63-47-18-6-4-16-42(47)27-30-60(63)70)69-56-25-13-9-21-50(56)51-22-10-14-26-57(51)69/h3-36H,1-2H3. The Bertz CT molecular complexity index is 4540. The van der Waals surface area contributed by atoms with E-state index in [0.29, 0.717) is 16.8 Å². The first-order chi connectivity index (χ1) is 34.5. The van der Waals surface area contributed by atoms with Crippen molar-refractivity contribution in [3.8, 4) is 46.0 Å². The maximum absolute atomic E-state index is 11.3. The Labute approximate surface area is 402 Å². The fraction of sp³-hybridized carbons (Fsp3) is 0.0312. The minimum absolute atomic E-state index is 0.410. The molecule has 14 rings (SSSR count). The van der Waals surface area contributed by atoms with Gasteiger partial charge in [0.05, 0.1) is 67.2 Å². The fourth-order valence-corrected chi connectivity index (χ4v) is 11.8. The largest absolute Gasteiger partial charge is 0.311 e. The summed E-state index contributed by atoms with van der Waals surface area (Å²) >= 11 is 0. The molecule has 0 N–H and O–H groups in total. The van der Waals surface area contributed by atoms with Crippen molar-refractivity contribution in [3.05, 3.63) is 229 Å². The van der Waals surface area contributed by atoms with Crippen molar-refractivity contribution >= 4 is 87.1 Å². The van der Waals surface area contributed by atoms with Crippen LogP contribution in [0.25, 0.3) is 121 Å². The first kappa shape index (κ1) is 39.5. The minimum atomic E-state index is 0.410. The van der Waals surface area contributed by atoms with Crippen molar-refractivity contribution in [3.63, 3.8) is 0 Å². The highest BCUT2D eigenvalue weighted by atomic mass is 15.1. The molecule has 4 heterocycles. The molecule has 0 spiro atoms. The van der Waals surface area contributed by atoms with Crippen LogP contribution in [0.5, 0.6) is 0 Å². The van der Waals surface area contributed by atoms with Crippen LogP contribution in [0, 0.1) is 36.5 Å². The molecule has 0 radical (unpaired) electrons. The highest BCUT2D eigenvalue weighted by Gasteiger charge is 2.27. The quantitative estimate of drug-likeness (QED) is 0.173. The Morgan fingerprint density at radius 2 is 0.857 bits per heavy atom. The van der Waals surface area contributed by atoms with Crippen molar-refractivity contribution < 1.29 is 0 Å². The normalized spacial score (nSPS) is 11.8. The Kier molecular flexibility index (Phi) is 8.44. The third-order valence-corrected chi connectivity index (χ3v) is 14.7. The number of aromatic nitrogens is 4. The molecule has 0 unspecified atom stereocenters. The van der Waals surface area contributed by atoms with Gasteiger partial charge in [0.25, 0.3) is 0 Å². The number of benzene rings is 10.